The number of fused-ring (bicyclic) bond motifs is 8. The van der Waals surface area contributed by atoms with Gasteiger partial charge in [0.25, 0.3) is 0 Å². The maximum atomic E-state index is 3.74. The number of H-pyrrole nitrogens is 1. The highest BCUT2D eigenvalue weighted by molar-refractivity contribution is 5.98. The number of aromatic amines is 1. The predicted octanol–water partition coefficient (Wildman–Crippen LogP) is 5.28. The third-order valence-corrected chi connectivity index (χ3v) is 5.85. The van der Waals surface area contributed by atoms with Gasteiger partial charge in [0.1, 0.15) is 0 Å². The second-order valence-corrected chi connectivity index (χ2v) is 7.47. The lowest BCUT2D eigenvalue weighted by atomic mass is 9.81. The maximum Gasteiger partial charge on any atom is 0.0653 e. The van der Waals surface area contributed by atoms with Gasteiger partial charge >= 0.3 is 0 Å². The number of aromatic nitrogens is 1. The number of nitrogens with one attached hydrogen (secondary N) is 1. The fourth-order valence-corrected chi connectivity index (χ4v) is 4.76. The van der Waals surface area contributed by atoms with Gasteiger partial charge in [-0.15, -0.1) is 0 Å². The van der Waals surface area contributed by atoms with E-state index in [0.29, 0.717) is 0 Å². The zero-order valence-electron chi connectivity index (χ0n) is 14.0. The molecule has 116 valence electrons. The molecule has 2 aliphatic rings. The minimum atomic E-state index is 0.115. The van der Waals surface area contributed by atoms with Crippen LogP contribution in [0.4, 0.5) is 5.69 Å². The van der Waals surface area contributed by atoms with E-state index in [0.717, 1.165) is 6.54 Å². The van der Waals surface area contributed by atoms with Gasteiger partial charge in [-0.1, -0.05) is 23.3 Å². The minimum absolute atomic E-state index is 0.115. The number of nitrogens with zero attached hydrogens (tertiary/aromatic N) is 1. The van der Waals surface area contributed by atoms with E-state index in [-0.39, 0.29) is 5.54 Å². The van der Waals surface area contributed by atoms with Gasteiger partial charge in [0.15, 0.2) is 0 Å². The van der Waals surface area contributed by atoms with Crippen molar-refractivity contribution in [3.05, 3.63) is 53.1 Å². The van der Waals surface area contributed by atoms with Crippen molar-refractivity contribution in [1.29, 1.82) is 0 Å². The molecule has 5 rings (SSSR count). The van der Waals surface area contributed by atoms with Crippen LogP contribution in [0.25, 0.3) is 22.2 Å². The lowest BCUT2D eigenvalue weighted by Crippen LogP contribution is -2.41. The monoisotopic (exact) mass is 302 g/mol. The van der Waals surface area contributed by atoms with Crippen molar-refractivity contribution in [3.8, 4) is 11.3 Å². The Morgan fingerprint density at radius 2 is 1.83 bits per heavy atom. The number of anilines is 1. The molecular formula is C21H22N2. The molecule has 0 radical (unpaired) electrons. The van der Waals surface area contributed by atoms with Crippen molar-refractivity contribution in [2.45, 2.75) is 39.2 Å². The van der Waals surface area contributed by atoms with Crippen LogP contribution < -0.4 is 4.90 Å². The van der Waals surface area contributed by atoms with Crippen molar-refractivity contribution in [2.24, 2.45) is 0 Å². The molecule has 23 heavy (non-hydrogen) atoms. The molecule has 3 aromatic rings. The summed E-state index contributed by atoms with van der Waals surface area (Å²) in [5.74, 6) is 0. The topological polar surface area (TPSA) is 19.0 Å². The molecule has 0 amide bonds. The number of benzene rings is 2. The van der Waals surface area contributed by atoms with E-state index >= 15 is 0 Å². The summed E-state index contributed by atoms with van der Waals surface area (Å²) in [6, 6.07) is 13.7. The molecule has 1 atom stereocenters. The van der Waals surface area contributed by atoms with Crippen LogP contribution in [0, 0.1) is 13.8 Å². The third kappa shape index (κ3) is 1.59. The van der Waals surface area contributed by atoms with Crippen LogP contribution in [0.1, 0.15) is 36.5 Å². The highest BCUT2D eigenvalue weighted by atomic mass is 15.2. The van der Waals surface area contributed by atoms with Crippen LogP contribution in [-0.2, 0) is 5.54 Å². The lowest BCUT2D eigenvalue weighted by molar-refractivity contribution is 0.494. The van der Waals surface area contributed by atoms with E-state index in [1.807, 2.05) is 0 Å². The molecule has 0 aliphatic carbocycles. The Balaban J connectivity index is 1.94. The second kappa shape index (κ2) is 4.19. The van der Waals surface area contributed by atoms with Gasteiger partial charge in [0.2, 0.25) is 0 Å². The molecule has 1 N–H and O–H groups in total. The van der Waals surface area contributed by atoms with E-state index in [1.165, 1.54) is 57.4 Å². The maximum absolute atomic E-state index is 3.74. The second-order valence-electron chi connectivity index (χ2n) is 7.47. The van der Waals surface area contributed by atoms with Crippen LogP contribution in [0.3, 0.4) is 0 Å². The zero-order valence-corrected chi connectivity index (χ0v) is 14.0. The summed E-state index contributed by atoms with van der Waals surface area (Å²) in [7, 11) is 0. The quantitative estimate of drug-likeness (QED) is 0.598. The summed E-state index contributed by atoms with van der Waals surface area (Å²) in [4.78, 5) is 6.38. The van der Waals surface area contributed by atoms with Crippen LogP contribution in [-0.4, -0.2) is 11.5 Å². The Kier molecular flexibility index (Phi) is 2.41. The normalized spacial score (nSPS) is 22.1. The molecule has 0 spiro atoms. The lowest BCUT2D eigenvalue weighted by Gasteiger charge is -2.42. The summed E-state index contributed by atoms with van der Waals surface area (Å²) in [6.45, 7) is 7.96. The molecule has 1 unspecified atom stereocenters. The Labute approximate surface area is 137 Å². The van der Waals surface area contributed by atoms with E-state index in [9.17, 15) is 0 Å². The molecule has 2 aliphatic heterocycles. The number of rotatable bonds is 0. The molecule has 2 aromatic carbocycles. The smallest absolute Gasteiger partial charge is 0.0653 e. The first kappa shape index (κ1) is 13.2. The van der Waals surface area contributed by atoms with Crippen LogP contribution in [0.5, 0.6) is 0 Å². The van der Waals surface area contributed by atoms with Crippen molar-refractivity contribution in [1.82, 2.24) is 4.98 Å². The summed E-state index contributed by atoms with van der Waals surface area (Å²) in [5, 5.41) is 1.40. The van der Waals surface area contributed by atoms with Gasteiger partial charge in [-0.25, -0.2) is 0 Å². The molecule has 3 heterocycles. The van der Waals surface area contributed by atoms with Gasteiger partial charge in [0.05, 0.1) is 11.2 Å². The van der Waals surface area contributed by atoms with Gasteiger partial charge in [0, 0.05) is 34.3 Å². The molecule has 0 saturated carbocycles. The average molecular weight is 302 g/mol. The highest BCUT2D eigenvalue weighted by Gasteiger charge is 2.45. The van der Waals surface area contributed by atoms with Crippen molar-refractivity contribution < 1.29 is 0 Å². The Morgan fingerprint density at radius 1 is 1.04 bits per heavy atom. The van der Waals surface area contributed by atoms with Gasteiger partial charge < -0.3 is 9.88 Å². The highest BCUT2D eigenvalue weighted by Crippen LogP contribution is 2.54. The van der Waals surface area contributed by atoms with Crippen LogP contribution >= 0.6 is 0 Å². The first-order valence-electron chi connectivity index (χ1n) is 8.59. The van der Waals surface area contributed by atoms with Crippen molar-refractivity contribution in [3.63, 3.8) is 0 Å². The fraction of sp³-hybridized carbons (Fsp3) is 0.333. The summed E-state index contributed by atoms with van der Waals surface area (Å²) in [5.41, 5.74) is 9.65. The Morgan fingerprint density at radius 3 is 2.70 bits per heavy atom. The predicted molar refractivity (Wildman–Crippen MR) is 97.1 cm³/mol. The summed E-state index contributed by atoms with van der Waals surface area (Å²) < 4.78 is 0. The van der Waals surface area contributed by atoms with Crippen molar-refractivity contribution >= 4 is 16.6 Å². The summed E-state index contributed by atoms with van der Waals surface area (Å²) in [6.07, 6.45) is 2.50. The zero-order chi connectivity index (χ0) is 15.8. The Hall–Kier alpha value is -2.22. The first-order valence-corrected chi connectivity index (χ1v) is 8.59. The number of hydrogen-bond acceptors (Lipinski definition) is 1. The van der Waals surface area contributed by atoms with Gasteiger partial charge in [-0.2, -0.15) is 0 Å². The fourth-order valence-electron chi connectivity index (χ4n) is 4.76. The molecule has 1 saturated heterocycles. The molecule has 2 nitrogen and oxygen atoms in total. The molecular weight excluding hydrogens is 280 g/mol. The minimum Gasteiger partial charge on any atom is -0.361 e. The molecule has 0 bridgehead atoms. The van der Waals surface area contributed by atoms with Crippen LogP contribution in [0.2, 0.25) is 0 Å². The molecule has 2 heteroatoms. The SMILES string of the molecule is Cc1ccc2c(c1)-c1[nH]c3ccc(C)cc3c1C1(C)CCCN21. The summed E-state index contributed by atoms with van der Waals surface area (Å²) >= 11 is 0. The number of aryl methyl sites for hydroxylation is 2. The first-order chi connectivity index (χ1) is 11.1. The average Bonchev–Trinajstić information content (AvgIpc) is 3.08. The van der Waals surface area contributed by atoms with Crippen LogP contribution in [0.15, 0.2) is 36.4 Å². The largest absolute Gasteiger partial charge is 0.361 e. The van der Waals surface area contributed by atoms with Gasteiger partial charge in [-0.3, -0.25) is 0 Å². The standard InChI is InChI=1S/C21H22N2/c1-13-5-7-17-15(11-13)19-20(22-17)16-12-14(2)6-8-18(16)23-10-4-9-21(19,23)3/h5-8,11-12,22H,4,9-10H2,1-3H3. The Bertz CT molecular complexity index is 950. The van der Waals surface area contributed by atoms with E-state index < -0.39 is 0 Å². The number of hydrogen-bond donors (Lipinski definition) is 1. The third-order valence-electron chi connectivity index (χ3n) is 5.85. The van der Waals surface area contributed by atoms with E-state index in [4.69, 9.17) is 0 Å². The van der Waals surface area contributed by atoms with E-state index in [2.05, 4.69) is 67.1 Å². The molecule has 1 aromatic heterocycles. The molecule has 1 fully saturated rings. The van der Waals surface area contributed by atoms with Gasteiger partial charge in [-0.05, 0) is 57.9 Å². The van der Waals surface area contributed by atoms with E-state index in [1.54, 1.807) is 0 Å². The van der Waals surface area contributed by atoms with Crippen molar-refractivity contribution in [2.75, 3.05) is 11.4 Å².